The number of nitrogens with zero attached hydrogens (tertiary/aromatic N) is 1. The summed E-state index contributed by atoms with van der Waals surface area (Å²) >= 11 is 0. The maximum absolute atomic E-state index is 12.0. The van der Waals surface area contributed by atoms with E-state index in [-0.39, 0.29) is 5.69 Å². The van der Waals surface area contributed by atoms with E-state index < -0.39 is 17.9 Å². The number of pyridine rings is 1. The fourth-order valence-electron chi connectivity index (χ4n) is 1.81. The fourth-order valence-corrected chi connectivity index (χ4v) is 1.81. The summed E-state index contributed by atoms with van der Waals surface area (Å²) in [5.74, 6) is -1.62. The van der Waals surface area contributed by atoms with Gasteiger partial charge in [0.25, 0.3) is 5.91 Å². The summed E-state index contributed by atoms with van der Waals surface area (Å²) in [5.41, 5.74) is 1.41. The first-order valence-electron chi connectivity index (χ1n) is 6.10. The summed E-state index contributed by atoms with van der Waals surface area (Å²) in [4.78, 5) is 27.4. The molecule has 0 aliphatic heterocycles. The number of amides is 1. The normalized spacial score (nSPS) is 11.7. The third kappa shape index (κ3) is 3.20. The van der Waals surface area contributed by atoms with Crippen molar-refractivity contribution in [3.05, 3.63) is 65.5 Å². The van der Waals surface area contributed by atoms with E-state index in [0.717, 1.165) is 0 Å². The highest BCUT2D eigenvalue weighted by Gasteiger charge is 2.22. The molecule has 0 bridgehead atoms. The molecule has 2 rings (SSSR count). The number of carbonyl (C=O) groups is 2. The molecule has 1 aromatic heterocycles. The van der Waals surface area contributed by atoms with Gasteiger partial charge < -0.3 is 10.4 Å². The molecule has 102 valence electrons. The summed E-state index contributed by atoms with van der Waals surface area (Å²) in [6, 6.07) is 12.5. The number of carbonyl (C=O) groups excluding carboxylic acids is 1. The number of aryl methyl sites for hydroxylation is 1. The van der Waals surface area contributed by atoms with Gasteiger partial charge in [-0.2, -0.15) is 0 Å². The lowest BCUT2D eigenvalue weighted by atomic mass is 10.1. The molecular weight excluding hydrogens is 256 g/mol. The van der Waals surface area contributed by atoms with Crippen molar-refractivity contribution in [1.29, 1.82) is 0 Å². The minimum atomic E-state index is -1.11. The van der Waals surface area contributed by atoms with Gasteiger partial charge in [-0.25, -0.2) is 9.78 Å². The lowest BCUT2D eigenvalue weighted by Crippen LogP contribution is -2.34. The van der Waals surface area contributed by atoms with Crippen molar-refractivity contribution in [2.24, 2.45) is 0 Å². The van der Waals surface area contributed by atoms with Crippen molar-refractivity contribution in [3.63, 3.8) is 0 Å². The average Bonchev–Trinajstić information content (AvgIpc) is 2.45. The molecule has 1 heterocycles. The van der Waals surface area contributed by atoms with Gasteiger partial charge in [0.2, 0.25) is 0 Å². The van der Waals surface area contributed by atoms with E-state index in [1.54, 1.807) is 55.5 Å². The van der Waals surface area contributed by atoms with E-state index in [9.17, 15) is 14.7 Å². The first-order chi connectivity index (χ1) is 9.58. The van der Waals surface area contributed by atoms with E-state index >= 15 is 0 Å². The number of benzene rings is 1. The van der Waals surface area contributed by atoms with E-state index in [0.29, 0.717) is 11.3 Å². The standard InChI is InChI=1S/C15H14N2O3/c1-10-6-5-9-12(16-10)14(18)17-13(15(19)20)11-7-3-2-4-8-11/h2-9,13H,1H3,(H,17,18)(H,19,20)/t13-/m0/s1. The van der Waals surface area contributed by atoms with Crippen LogP contribution in [-0.2, 0) is 4.79 Å². The van der Waals surface area contributed by atoms with Gasteiger partial charge in [0, 0.05) is 5.69 Å². The van der Waals surface area contributed by atoms with Gasteiger partial charge >= 0.3 is 5.97 Å². The van der Waals surface area contributed by atoms with Gasteiger partial charge in [-0.05, 0) is 24.6 Å². The van der Waals surface area contributed by atoms with Gasteiger partial charge in [-0.3, -0.25) is 4.79 Å². The van der Waals surface area contributed by atoms with Crippen LogP contribution in [0.25, 0.3) is 0 Å². The Balaban J connectivity index is 2.21. The van der Waals surface area contributed by atoms with Gasteiger partial charge in [0.05, 0.1) is 0 Å². The number of hydrogen-bond acceptors (Lipinski definition) is 3. The Hall–Kier alpha value is -2.69. The second-order valence-electron chi connectivity index (χ2n) is 4.32. The summed E-state index contributed by atoms with van der Waals surface area (Å²) in [6.07, 6.45) is 0. The summed E-state index contributed by atoms with van der Waals surface area (Å²) in [5, 5.41) is 11.7. The third-order valence-electron chi connectivity index (χ3n) is 2.78. The quantitative estimate of drug-likeness (QED) is 0.890. The highest BCUT2D eigenvalue weighted by molar-refractivity contribution is 5.95. The summed E-state index contributed by atoms with van der Waals surface area (Å²) in [7, 11) is 0. The van der Waals surface area contributed by atoms with Crippen molar-refractivity contribution in [2.75, 3.05) is 0 Å². The molecule has 0 unspecified atom stereocenters. The maximum Gasteiger partial charge on any atom is 0.330 e. The van der Waals surface area contributed by atoms with Crippen molar-refractivity contribution in [1.82, 2.24) is 10.3 Å². The van der Waals surface area contributed by atoms with Crippen molar-refractivity contribution >= 4 is 11.9 Å². The molecule has 2 aromatic rings. The Morgan fingerprint density at radius 2 is 1.80 bits per heavy atom. The third-order valence-corrected chi connectivity index (χ3v) is 2.78. The SMILES string of the molecule is Cc1cccc(C(=O)N[C@H](C(=O)O)c2ccccc2)n1. The van der Waals surface area contributed by atoms with Gasteiger partial charge in [0.1, 0.15) is 5.69 Å². The number of carboxylic acids is 1. The molecule has 20 heavy (non-hydrogen) atoms. The highest BCUT2D eigenvalue weighted by Crippen LogP contribution is 2.13. The number of carboxylic acid groups (broad SMARTS) is 1. The molecular formula is C15H14N2O3. The van der Waals surface area contributed by atoms with Crippen LogP contribution in [0.2, 0.25) is 0 Å². The van der Waals surface area contributed by atoms with E-state index in [2.05, 4.69) is 10.3 Å². The monoisotopic (exact) mass is 270 g/mol. The number of rotatable bonds is 4. The van der Waals surface area contributed by atoms with Crippen LogP contribution in [0.1, 0.15) is 27.8 Å². The molecule has 5 heteroatoms. The molecule has 0 saturated carbocycles. The van der Waals surface area contributed by atoms with Gasteiger partial charge in [-0.1, -0.05) is 36.4 Å². The second-order valence-corrected chi connectivity index (χ2v) is 4.32. The smallest absolute Gasteiger partial charge is 0.330 e. The van der Waals surface area contributed by atoms with Crippen LogP contribution in [0.15, 0.2) is 48.5 Å². The predicted octanol–water partition coefficient (Wildman–Crippen LogP) is 1.95. The van der Waals surface area contributed by atoms with Crippen molar-refractivity contribution in [3.8, 4) is 0 Å². The summed E-state index contributed by atoms with van der Waals surface area (Å²) in [6.45, 7) is 1.77. The molecule has 0 radical (unpaired) electrons. The van der Waals surface area contributed by atoms with Crippen LogP contribution >= 0.6 is 0 Å². The van der Waals surface area contributed by atoms with Crippen molar-refractivity contribution < 1.29 is 14.7 Å². The Kier molecular flexibility index (Phi) is 4.10. The van der Waals surface area contributed by atoms with Gasteiger partial charge in [-0.15, -0.1) is 0 Å². The minimum absolute atomic E-state index is 0.201. The minimum Gasteiger partial charge on any atom is -0.479 e. The van der Waals surface area contributed by atoms with E-state index in [1.165, 1.54) is 0 Å². The molecule has 0 aliphatic carbocycles. The number of hydrogen-bond donors (Lipinski definition) is 2. The first kappa shape index (κ1) is 13.7. The predicted molar refractivity (Wildman–Crippen MR) is 73.3 cm³/mol. The zero-order valence-corrected chi connectivity index (χ0v) is 10.9. The number of aliphatic carboxylic acids is 1. The molecule has 0 aliphatic rings. The van der Waals surface area contributed by atoms with Crippen LogP contribution in [-0.4, -0.2) is 22.0 Å². The van der Waals surface area contributed by atoms with Crippen LogP contribution in [0.4, 0.5) is 0 Å². The van der Waals surface area contributed by atoms with E-state index in [4.69, 9.17) is 0 Å². The molecule has 0 fully saturated rings. The van der Waals surface area contributed by atoms with Crippen LogP contribution in [0, 0.1) is 6.92 Å². The highest BCUT2D eigenvalue weighted by atomic mass is 16.4. The van der Waals surface area contributed by atoms with Gasteiger partial charge in [0.15, 0.2) is 6.04 Å². The Morgan fingerprint density at radius 1 is 1.10 bits per heavy atom. The fraction of sp³-hybridized carbons (Fsp3) is 0.133. The largest absolute Gasteiger partial charge is 0.479 e. The Morgan fingerprint density at radius 3 is 2.40 bits per heavy atom. The molecule has 0 spiro atoms. The van der Waals surface area contributed by atoms with Crippen LogP contribution in [0.3, 0.4) is 0 Å². The zero-order chi connectivity index (χ0) is 14.5. The summed E-state index contributed by atoms with van der Waals surface area (Å²) < 4.78 is 0. The molecule has 5 nitrogen and oxygen atoms in total. The number of nitrogens with one attached hydrogen (secondary N) is 1. The van der Waals surface area contributed by atoms with E-state index in [1.807, 2.05) is 0 Å². The lowest BCUT2D eigenvalue weighted by Gasteiger charge is -2.14. The Labute approximate surface area is 116 Å². The van der Waals surface area contributed by atoms with Crippen molar-refractivity contribution in [2.45, 2.75) is 13.0 Å². The lowest BCUT2D eigenvalue weighted by molar-refractivity contribution is -0.139. The first-order valence-corrected chi connectivity index (χ1v) is 6.10. The average molecular weight is 270 g/mol. The Bertz CT molecular complexity index is 626. The molecule has 1 atom stereocenters. The molecule has 1 aromatic carbocycles. The van der Waals surface area contributed by atoms with Crippen LogP contribution < -0.4 is 5.32 Å². The second kappa shape index (κ2) is 5.97. The maximum atomic E-state index is 12.0. The molecule has 1 amide bonds. The van der Waals surface area contributed by atoms with Crippen LogP contribution in [0.5, 0.6) is 0 Å². The molecule has 0 saturated heterocycles. The number of aromatic nitrogens is 1. The topological polar surface area (TPSA) is 79.3 Å². The zero-order valence-electron chi connectivity index (χ0n) is 10.9. The molecule has 2 N–H and O–H groups in total.